The van der Waals surface area contributed by atoms with Crippen LogP contribution >= 0.6 is 0 Å². The van der Waals surface area contributed by atoms with Gasteiger partial charge in [0.25, 0.3) is 0 Å². The van der Waals surface area contributed by atoms with Crippen LogP contribution in [0.3, 0.4) is 0 Å². The van der Waals surface area contributed by atoms with Gasteiger partial charge in [0.15, 0.2) is 0 Å². The molecule has 0 fully saturated rings. The van der Waals surface area contributed by atoms with Crippen LogP contribution in [0.25, 0.3) is 0 Å². The SMILES string of the molecule is CC(=O)CC(=O)O.CC(=O)CC(=O)O.CC(=O)CC(=O)O.CC(=O)CC(=O)O.CCC(CO)(CO)CO.OCC(O)CO. The van der Waals surface area contributed by atoms with E-state index < -0.39 is 35.4 Å². The summed E-state index contributed by atoms with van der Waals surface area (Å²) in [6, 6.07) is 0. The fraction of sp³-hybridized carbons (Fsp3) is 0.680. The van der Waals surface area contributed by atoms with Crippen LogP contribution in [0.5, 0.6) is 0 Å². The number of carboxylic acids is 4. The van der Waals surface area contributed by atoms with E-state index in [0.29, 0.717) is 6.42 Å². The predicted molar refractivity (Wildman–Crippen MR) is 146 cm³/mol. The molecule has 18 nitrogen and oxygen atoms in total. The molecule has 18 heteroatoms. The maximum Gasteiger partial charge on any atom is 0.310 e. The van der Waals surface area contributed by atoms with Crippen molar-refractivity contribution in [3.05, 3.63) is 0 Å². The highest BCUT2D eigenvalue weighted by Crippen LogP contribution is 2.18. The van der Waals surface area contributed by atoms with E-state index in [4.69, 9.17) is 51.1 Å². The number of aliphatic carboxylic acids is 4. The lowest BCUT2D eigenvalue weighted by molar-refractivity contribution is -0.141. The van der Waals surface area contributed by atoms with E-state index in [2.05, 4.69) is 0 Å². The summed E-state index contributed by atoms with van der Waals surface area (Å²) in [5, 5.41) is 81.4. The van der Waals surface area contributed by atoms with E-state index in [0.717, 1.165) is 0 Å². The van der Waals surface area contributed by atoms with Gasteiger partial charge in [0.2, 0.25) is 0 Å². The number of Topliss-reactive ketones (excluding diaryl/α,β-unsaturated/α-hetero) is 4. The lowest BCUT2D eigenvalue weighted by Gasteiger charge is -2.24. The molecule has 0 aliphatic carbocycles. The number of aliphatic hydroxyl groups is 6. The third-order valence-corrected chi connectivity index (χ3v) is 3.78. The summed E-state index contributed by atoms with van der Waals surface area (Å²) in [6.45, 7) is 5.60. The lowest BCUT2D eigenvalue weighted by Crippen LogP contribution is -2.32. The zero-order valence-corrected chi connectivity index (χ0v) is 24.9. The van der Waals surface area contributed by atoms with Crippen molar-refractivity contribution in [2.75, 3.05) is 33.0 Å². The van der Waals surface area contributed by atoms with Gasteiger partial charge in [0, 0.05) is 5.41 Å². The molecule has 0 bridgehead atoms. The minimum absolute atomic E-state index is 0.156. The van der Waals surface area contributed by atoms with E-state index in [-0.39, 0.29) is 81.9 Å². The van der Waals surface area contributed by atoms with E-state index in [1.165, 1.54) is 27.7 Å². The van der Waals surface area contributed by atoms with Crippen LogP contribution in [0.4, 0.5) is 0 Å². The molecule has 43 heavy (non-hydrogen) atoms. The van der Waals surface area contributed by atoms with Crippen molar-refractivity contribution in [1.82, 2.24) is 0 Å². The van der Waals surface area contributed by atoms with Gasteiger partial charge >= 0.3 is 23.9 Å². The smallest absolute Gasteiger partial charge is 0.310 e. The average Bonchev–Trinajstić information content (AvgIpc) is 2.84. The highest BCUT2D eigenvalue weighted by atomic mass is 16.4. The minimum atomic E-state index is -1.06. The van der Waals surface area contributed by atoms with Crippen LogP contribution in [-0.4, -0.2) is 137 Å². The number of hydrogen-bond donors (Lipinski definition) is 10. The van der Waals surface area contributed by atoms with Gasteiger partial charge in [-0.25, -0.2) is 0 Å². The molecule has 0 aliphatic rings. The zero-order chi connectivity index (χ0) is 35.8. The van der Waals surface area contributed by atoms with Gasteiger partial charge in [-0.1, -0.05) is 6.92 Å². The molecule has 0 spiro atoms. The lowest BCUT2D eigenvalue weighted by atomic mass is 9.88. The number of carboxylic acid groups (broad SMARTS) is 4. The van der Waals surface area contributed by atoms with Gasteiger partial charge in [-0.05, 0) is 34.1 Å². The Morgan fingerprint density at radius 1 is 0.488 bits per heavy atom. The maximum absolute atomic E-state index is 9.87. The van der Waals surface area contributed by atoms with E-state index >= 15 is 0 Å². The van der Waals surface area contributed by atoms with Crippen molar-refractivity contribution in [2.45, 2.75) is 72.8 Å². The number of rotatable bonds is 14. The molecule has 0 heterocycles. The molecule has 0 atom stereocenters. The molecule has 0 saturated heterocycles. The van der Waals surface area contributed by atoms with Gasteiger partial charge in [-0.15, -0.1) is 0 Å². The Bertz CT molecular complexity index is 644. The summed E-state index contributed by atoms with van der Waals surface area (Å²) >= 11 is 0. The van der Waals surface area contributed by atoms with Gasteiger partial charge in [0.05, 0.1) is 33.0 Å². The second-order valence-corrected chi connectivity index (χ2v) is 8.44. The first kappa shape index (κ1) is 52.0. The van der Waals surface area contributed by atoms with Crippen LogP contribution in [0, 0.1) is 5.41 Å². The molecule has 0 aromatic carbocycles. The molecule has 0 aromatic rings. The van der Waals surface area contributed by atoms with Gasteiger partial charge in [0.1, 0.15) is 54.9 Å². The molecule has 0 radical (unpaired) electrons. The predicted octanol–water partition coefficient (Wildman–Crippen LogP) is -2.11. The first-order valence-corrected chi connectivity index (χ1v) is 12.1. The zero-order valence-electron chi connectivity index (χ0n) is 24.9. The molecular weight excluding hydrogens is 588 g/mol. The first-order chi connectivity index (χ1) is 19.6. The number of aliphatic hydroxyl groups excluding tert-OH is 6. The summed E-state index contributed by atoms with van der Waals surface area (Å²) in [5.41, 5.74) is -0.667. The Morgan fingerprint density at radius 3 is 0.674 bits per heavy atom. The Hall–Kier alpha value is -3.68. The second kappa shape index (κ2) is 34.5. The van der Waals surface area contributed by atoms with Gasteiger partial charge in [-0.2, -0.15) is 0 Å². The molecule has 0 amide bonds. The van der Waals surface area contributed by atoms with E-state index in [9.17, 15) is 38.4 Å². The van der Waals surface area contributed by atoms with Crippen LogP contribution in [0.1, 0.15) is 66.7 Å². The number of carbonyl (C=O) groups is 8. The van der Waals surface area contributed by atoms with E-state index in [1.807, 2.05) is 6.92 Å². The van der Waals surface area contributed by atoms with Gasteiger partial charge in [-0.3, -0.25) is 38.4 Å². The van der Waals surface area contributed by atoms with Crippen molar-refractivity contribution < 1.29 is 89.4 Å². The summed E-state index contributed by atoms with van der Waals surface area (Å²) in [6.07, 6.45) is -1.80. The molecule has 0 saturated carbocycles. The highest BCUT2D eigenvalue weighted by molar-refractivity contribution is 5.94. The summed E-state index contributed by atoms with van der Waals surface area (Å²) < 4.78 is 0. The largest absolute Gasteiger partial charge is 0.481 e. The van der Waals surface area contributed by atoms with Crippen molar-refractivity contribution in [3.63, 3.8) is 0 Å². The van der Waals surface area contributed by atoms with Crippen molar-refractivity contribution in [1.29, 1.82) is 0 Å². The monoisotopic (exact) mass is 634 g/mol. The van der Waals surface area contributed by atoms with Crippen LogP contribution in [0.2, 0.25) is 0 Å². The maximum atomic E-state index is 9.87. The topological polar surface area (TPSA) is 339 Å². The Kier molecular flexibility index (Phi) is 41.8. The second-order valence-electron chi connectivity index (χ2n) is 8.44. The Balaban J connectivity index is -0.0000000959. The highest BCUT2D eigenvalue weighted by Gasteiger charge is 2.24. The molecular formula is C25H46O18. The standard InChI is InChI=1S/C6H14O3.4C4H6O3.C3H8O3/c1-2-6(3-7,4-8)5-9;4*1-3(5)2-4(6)7;4-1-3(6)2-5/h7-9H,2-5H2,1H3;4*2H2,1H3,(H,6,7);3-6H,1-2H2. The fourth-order valence-electron chi connectivity index (χ4n) is 1.39. The quantitative estimate of drug-likeness (QED) is 0.0913. The summed E-state index contributed by atoms with van der Waals surface area (Å²) in [7, 11) is 0. The van der Waals surface area contributed by atoms with Gasteiger partial charge < -0.3 is 51.1 Å². The first-order valence-electron chi connectivity index (χ1n) is 12.1. The molecule has 0 aromatic heterocycles. The van der Waals surface area contributed by atoms with Crippen molar-refractivity contribution in [3.8, 4) is 0 Å². The molecule has 10 N–H and O–H groups in total. The minimum Gasteiger partial charge on any atom is -0.481 e. The molecule has 0 aliphatic heterocycles. The van der Waals surface area contributed by atoms with E-state index in [1.54, 1.807) is 0 Å². The summed E-state index contributed by atoms with van der Waals surface area (Å²) in [5.74, 6) is -5.50. The third-order valence-electron chi connectivity index (χ3n) is 3.78. The molecule has 254 valence electrons. The average molecular weight is 635 g/mol. The molecule has 0 unspecified atom stereocenters. The third kappa shape index (κ3) is 63.0. The molecule has 0 rings (SSSR count). The van der Waals surface area contributed by atoms with Crippen molar-refractivity contribution >= 4 is 47.0 Å². The Labute approximate surface area is 248 Å². The number of hydrogen-bond acceptors (Lipinski definition) is 14. The van der Waals surface area contributed by atoms with Crippen LogP contribution in [0.15, 0.2) is 0 Å². The Morgan fingerprint density at radius 2 is 0.674 bits per heavy atom. The fourth-order valence-corrected chi connectivity index (χ4v) is 1.39. The number of ketones is 4. The van der Waals surface area contributed by atoms with Crippen LogP contribution in [-0.2, 0) is 38.4 Å². The summed E-state index contributed by atoms with van der Waals surface area (Å²) in [4.78, 5) is 77.8. The van der Waals surface area contributed by atoms with Crippen molar-refractivity contribution in [2.24, 2.45) is 5.41 Å². The normalized spacial score (nSPS) is 9.21. The number of carbonyl (C=O) groups excluding carboxylic acids is 4. The van der Waals surface area contributed by atoms with Crippen LogP contribution < -0.4 is 0 Å².